The number of nitrogens with one attached hydrogen (secondary N) is 2. The number of amides is 1. The molecular weight excluding hydrogens is 556 g/mol. The fourth-order valence-corrected chi connectivity index (χ4v) is 7.05. The van der Waals surface area contributed by atoms with Gasteiger partial charge in [0.1, 0.15) is 5.82 Å². The lowest BCUT2D eigenvalue weighted by atomic mass is 9.88. The van der Waals surface area contributed by atoms with E-state index in [0.717, 1.165) is 50.9 Å². The lowest BCUT2D eigenvalue weighted by Crippen LogP contribution is -2.53. The summed E-state index contributed by atoms with van der Waals surface area (Å²) >= 11 is 5.91. The maximum Gasteiger partial charge on any atom is 0.222 e. The largest absolute Gasteiger partial charge is 0.382 e. The van der Waals surface area contributed by atoms with Gasteiger partial charge in [-0.05, 0) is 49.6 Å². The molecule has 1 spiro atoms. The number of halogens is 1. The zero-order valence-electron chi connectivity index (χ0n) is 23.6. The van der Waals surface area contributed by atoms with Crippen molar-refractivity contribution in [2.24, 2.45) is 11.8 Å². The van der Waals surface area contributed by atoms with E-state index in [1.54, 1.807) is 0 Å². The molecule has 12 heteroatoms. The smallest absolute Gasteiger partial charge is 0.222 e. The number of nitrogen functional groups attached to an aromatic ring is 2. The Balaban J connectivity index is 0.950. The van der Waals surface area contributed by atoms with Gasteiger partial charge in [-0.1, -0.05) is 35.9 Å². The van der Waals surface area contributed by atoms with Crippen LogP contribution in [0.4, 0.5) is 11.6 Å². The summed E-state index contributed by atoms with van der Waals surface area (Å²) in [5, 5.41) is 6.64. The predicted molar refractivity (Wildman–Crippen MR) is 160 cm³/mol. The Kier molecular flexibility index (Phi) is 7.80. The SMILES string of the molecule is Nc1nc(N)c(C(=O)/C=C2\NCC3(CCN(C(=O)CCCN4CC5CC(=O)c6ccccc6CC5C4)CC3)N2)nc1Cl. The van der Waals surface area contributed by atoms with Gasteiger partial charge in [0.2, 0.25) is 11.7 Å². The number of piperidine rings is 1. The van der Waals surface area contributed by atoms with Gasteiger partial charge in [0.25, 0.3) is 0 Å². The highest BCUT2D eigenvalue weighted by Gasteiger charge is 2.40. The van der Waals surface area contributed by atoms with Crippen molar-refractivity contribution >= 4 is 40.7 Å². The first-order valence-electron chi connectivity index (χ1n) is 14.7. The quantitative estimate of drug-likeness (QED) is 0.289. The van der Waals surface area contributed by atoms with E-state index in [1.165, 1.54) is 11.6 Å². The number of carbonyl (C=O) groups excluding carboxylic acids is 3. The number of anilines is 2. The van der Waals surface area contributed by atoms with Crippen LogP contribution in [0.2, 0.25) is 5.15 Å². The van der Waals surface area contributed by atoms with Crippen molar-refractivity contribution in [1.82, 2.24) is 30.4 Å². The first kappa shape index (κ1) is 28.4. The average molecular weight is 593 g/mol. The highest BCUT2D eigenvalue weighted by Crippen LogP contribution is 2.35. The molecule has 1 aromatic carbocycles. The Hall–Kier alpha value is -3.70. The predicted octanol–water partition coefficient (Wildman–Crippen LogP) is 2.03. The molecule has 4 heterocycles. The molecule has 1 amide bonds. The highest BCUT2D eigenvalue weighted by atomic mass is 35.5. The van der Waals surface area contributed by atoms with Crippen LogP contribution in [-0.2, 0) is 11.2 Å². The number of benzene rings is 1. The molecule has 3 aliphatic heterocycles. The second-order valence-corrected chi connectivity index (χ2v) is 12.4. The summed E-state index contributed by atoms with van der Waals surface area (Å²) in [6.45, 7) is 4.79. The monoisotopic (exact) mass is 592 g/mol. The lowest BCUT2D eigenvalue weighted by Gasteiger charge is -2.39. The molecule has 4 aliphatic rings. The summed E-state index contributed by atoms with van der Waals surface area (Å²) in [5.74, 6) is 1.42. The third-order valence-electron chi connectivity index (χ3n) is 9.27. The van der Waals surface area contributed by atoms with Gasteiger partial charge >= 0.3 is 0 Å². The van der Waals surface area contributed by atoms with Crippen molar-refractivity contribution in [2.75, 3.05) is 50.7 Å². The first-order valence-corrected chi connectivity index (χ1v) is 15.1. The third kappa shape index (κ3) is 5.80. The lowest BCUT2D eigenvalue weighted by molar-refractivity contribution is -0.132. The molecule has 3 saturated heterocycles. The standard InChI is InChI=1S/C30H37ClN8O3/c31-27-29(33)36-28(32)26(35-27)23(41)14-24-34-17-30(37-24)7-10-39(11-8-30)25(42)6-3-9-38-15-19-12-18-4-1-2-5-21(18)22(40)13-20(19)16-38/h1-2,4-5,14,19-20,34,37H,3,6-13,15-17H2,(H4,32,33,36)/b24-14+. The number of allylic oxidation sites excluding steroid dienone is 1. The number of nitrogens with two attached hydrogens (primary N) is 2. The van der Waals surface area contributed by atoms with Gasteiger partial charge in [-0.25, -0.2) is 9.97 Å². The number of hydrogen-bond donors (Lipinski definition) is 4. The van der Waals surface area contributed by atoms with Crippen molar-refractivity contribution in [3.8, 4) is 0 Å². The maximum absolute atomic E-state index is 13.0. The number of nitrogens with zero attached hydrogens (tertiary/aromatic N) is 4. The molecule has 0 bridgehead atoms. The number of hydrogen-bond acceptors (Lipinski definition) is 10. The van der Waals surface area contributed by atoms with Crippen molar-refractivity contribution in [2.45, 2.75) is 44.1 Å². The van der Waals surface area contributed by atoms with Gasteiger partial charge in [0.05, 0.1) is 5.54 Å². The Morgan fingerprint density at radius 1 is 1.07 bits per heavy atom. The maximum atomic E-state index is 13.0. The molecule has 6 rings (SSSR count). The van der Waals surface area contributed by atoms with E-state index in [4.69, 9.17) is 23.1 Å². The van der Waals surface area contributed by atoms with Crippen LogP contribution in [0.5, 0.6) is 0 Å². The number of ketones is 2. The minimum absolute atomic E-state index is 0.0240. The van der Waals surface area contributed by atoms with Crippen molar-refractivity contribution < 1.29 is 14.4 Å². The average Bonchev–Trinajstić information content (AvgIpc) is 3.50. The number of carbonyl (C=O) groups is 3. The van der Waals surface area contributed by atoms with Gasteiger partial charge in [0.15, 0.2) is 28.3 Å². The fourth-order valence-electron chi connectivity index (χ4n) is 6.93. The van der Waals surface area contributed by atoms with Gasteiger partial charge in [-0.2, -0.15) is 0 Å². The Morgan fingerprint density at radius 3 is 2.60 bits per heavy atom. The second kappa shape index (κ2) is 11.5. The van der Waals surface area contributed by atoms with E-state index in [2.05, 4.69) is 31.6 Å². The van der Waals surface area contributed by atoms with E-state index in [0.29, 0.717) is 50.1 Å². The molecule has 0 saturated carbocycles. The van der Waals surface area contributed by atoms with E-state index < -0.39 is 5.78 Å². The van der Waals surface area contributed by atoms with Crippen LogP contribution in [0.15, 0.2) is 36.2 Å². The summed E-state index contributed by atoms with van der Waals surface area (Å²) in [4.78, 5) is 50.8. The summed E-state index contributed by atoms with van der Waals surface area (Å²) in [6, 6.07) is 8.04. The van der Waals surface area contributed by atoms with Crippen molar-refractivity contribution in [1.29, 1.82) is 0 Å². The molecule has 3 fully saturated rings. The summed E-state index contributed by atoms with van der Waals surface area (Å²) in [5.41, 5.74) is 13.2. The number of aromatic nitrogens is 2. The number of likely N-dealkylation sites (tertiary alicyclic amines) is 2. The van der Waals surface area contributed by atoms with Gasteiger partial charge in [-0.15, -0.1) is 0 Å². The molecule has 2 atom stereocenters. The second-order valence-electron chi connectivity index (χ2n) is 12.1. The molecule has 11 nitrogen and oxygen atoms in total. The molecule has 42 heavy (non-hydrogen) atoms. The number of fused-ring (bicyclic) bond motifs is 2. The molecular formula is C30H37ClN8O3. The summed E-state index contributed by atoms with van der Waals surface area (Å²) in [6.07, 6.45) is 5.89. The molecule has 222 valence electrons. The van der Waals surface area contributed by atoms with Gasteiger partial charge in [-0.3, -0.25) is 14.4 Å². The first-order chi connectivity index (χ1) is 20.2. The Morgan fingerprint density at radius 2 is 1.81 bits per heavy atom. The minimum Gasteiger partial charge on any atom is -0.382 e. The van der Waals surface area contributed by atoms with E-state index >= 15 is 0 Å². The van der Waals surface area contributed by atoms with Crippen LogP contribution < -0.4 is 22.1 Å². The minimum atomic E-state index is -0.425. The van der Waals surface area contributed by atoms with Gasteiger partial charge in [0, 0.05) is 57.2 Å². The van der Waals surface area contributed by atoms with Crippen molar-refractivity contribution in [3.63, 3.8) is 0 Å². The van der Waals surface area contributed by atoms with Crippen LogP contribution >= 0.6 is 11.6 Å². The highest BCUT2D eigenvalue weighted by molar-refractivity contribution is 6.31. The van der Waals surface area contributed by atoms with Crippen LogP contribution in [0.3, 0.4) is 0 Å². The molecule has 2 aromatic rings. The molecule has 0 radical (unpaired) electrons. The zero-order chi connectivity index (χ0) is 29.4. The third-order valence-corrected chi connectivity index (χ3v) is 9.55. The molecule has 1 aromatic heterocycles. The van der Waals surface area contributed by atoms with E-state index in [9.17, 15) is 14.4 Å². The van der Waals surface area contributed by atoms with Crippen LogP contribution in [-0.4, -0.2) is 82.0 Å². The summed E-state index contributed by atoms with van der Waals surface area (Å²) < 4.78 is 0. The fraction of sp³-hybridized carbons (Fsp3) is 0.500. The Labute approximate surface area is 250 Å². The van der Waals surface area contributed by atoms with E-state index in [1.807, 2.05) is 23.1 Å². The van der Waals surface area contributed by atoms with Crippen LogP contribution in [0, 0.1) is 11.8 Å². The zero-order valence-corrected chi connectivity index (χ0v) is 24.3. The van der Waals surface area contributed by atoms with E-state index in [-0.39, 0.29) is 39.7 Å². The molecule has 6 N–H and O–H groups in total. The summed E-state index contributed by atoms with van der Waals surface area (Å²) in [7, 11) is 0. The topological polar surface area (TPSA) is 160 Å². The number of rotatable bonds is 6. The Bertz CT molecular complexity index is 1440. The van der Waals surface area contributed by atoms with Crippen molar-refractivity contribution in [3.05, 3.63) is 58.1 Å². The normalized spacial score (nSPS) is 24.2. The van der Waals surface area contributed by atoms with Crippen LogP contribution in [0.1, 0.15) is 58.5 Å². The molecule has 2 unspecified atom stereocenters. The van der Waals surface area contributed by atoms with Gasteiger partial charge < -0.3 is 31.9 Å². The number of Topliss-reactive ketones (excluding diaryl/α,β-unsaturated/α-hetero) is 1. The van der Waals surface area contributed by atoms with Crippen LogP contribution in [0.25, 0.3) is 0 Å². The molecule has 1 aliphatic carbocycles.